The second kappa shape index (κ2) is 5.60. The summed E-state index contributed by atoms with van der Waals surface area (Å²) in [6.07, 6.45) is 3.06. The maximum Gasteiger partial charge on any atom is 0.142 e. The lowest BCUT2D eigenvalue weighted by Gasteiger charge is -2.07. The molecule has 0 aliphatic rings. The van der Waals surface area contributed by atoms with Crippen LogP contribution in [0.4, 0.5) is 0 Å². The fourth-order valence-electron chi connectivity index (χ4n) is 1.37. The molecule has 0 amide bonds. The Morgan fingerprint density at radius 2 is 2.33 bits per heavy atom. The van der Waals surface area contributed by atoms with Gasteiger partial charge in [-0.3, -0.25) is 4.79 Å². The number of rotatable bonds is 6. The quantitative estimate of drug-likeness (QED) is 0.743. The number of carbonyl (C=O) groups is 1. The van der Waals surface area contributed by atoms with E-state index in [-0.39, 0.29) is 11.8 Å². The molecule has 84 valence electrons. The van der Waals surface area contributed by atoms with Gasteiger partial charge in [0.25, 0.3) is 0 Å². The van der Waals surface area contributed by atoms with E-state index in [1.165, 1.54) is 6.33 Å². The predicted octanol–water partition coefficient (Wildman–Crippen LogP) is 0.537. The Kier molecular flexibility index (Phi) is 4.42. The molecular weight excluding hydrogens is 192 g/mol. The van der Waals surface area contributed by atoms with Gasteiger partial charge in [0.15, 0.2) is 0 Å². The first-order chi connectivity index (χ1) is 7.17. The summed E-state index contributed by atoms with van der Waals surface area (Å²) < 4.78 is 1.73. The highest BCUT2D eigenvalue weighted by molar-refractivity contribution is 5.80. The number of Topliss-reactive ketones (excluding diaryl/α,β-unsaturated/α-hetero) is 1. The molecule has 1 aromatic rings. The average Bonchev–Trinajstić information content (AvgIpc) is 2.64. The number of nitrogens with zero attached hydrogens (tertiary/aromatic N) is 3. The lowest BCUT2D eigenvalue weighted by molar-refractivity contribution is -0.118. The zero-order valence-electron chi connectivity index (χ0n) is 9.31. The van der Waals surface area contributed by atoms with Gasteiger partial charge in [-0.25, -0.2) is 9.67 Å². The van der Waals surface area contributed by atoms with Crippen LogP contribution in [0.5, 0.6) is 0 Å². The Hall–Kier alpha value is -1.23. The molecule has 0 saturated carbocycles. The third-order valence-corrected chi connectivity index (χ3v) is 2.36. The Balaban J connectivity index is 2.51. The van der Waals surface area contributed by atoms with Gasteiger partial charge in [-0.1, -0.05) is 6.92 Å². The van der Waals surface area contributed by atoms with Gasteiger partial charge >= 0.3 is 0 Å². The van der Waals surface area contributed by atoms with Gasteiger partial charge in [0.1, 0.15) is 17.9 Å². The summed E-state index contributed by atoms with van der Waals surface area (Å²) in [5, 5.41) is 4.01. The van der Waals surface area contributed by atoms with Crippen molar-refractivity contribution in [2.75, 3.05) is 0 Å². The number of hydrogen-bond acceptors (Lipinski definition) is 4. The van der Waals surface area contributed by atoms with E-state index in [0.29, 0.717) is 12.8 Å². The van der Waals surface area contributed by atoms with Crippen LogP contribution < -0.4 is 5.73 Å². The van der Waals surface area contributed by atoms with Crippen LogP contribution in [0, 0.1) is 0 Å². The summed E-state index contributed by atoms with van der Waals surface area (Å²) in [5.41, 5.74) is 5.71. The topological polar surface area (TPSA) is 73.8 Å². The SMILES string of the molecule is CCC(N)CC(=O)Cc1ncnn1CC. The molecule has 0 radical (unpaired) electrons. The number of aromatic nitrogens is 3. The summed E-state index contributed by atoms with van der Waals surface area (Å²) in [6, 6.07) is -0.0319. The van der Waals surface area contributed by atoms with Gasteiger partial charge in [-0.2, -0.15) is 5.10 Å². The molecule has 1 unspecified atom stereocenters. The minimum atomic E-state index is -0.0319. The molecule has 0 aliphatic carbocycles. The zero-order chi connectivity index (χ0) is 11.3. The summed E-state index contributed by atoms with van der Waals surface area (Å²) in [5.74, 6) is 0.859. The van der Waals surface area contributed by atoms with Crippen molar-refractivity contribution in [1.29, 1.82) is 0 Å². The van der Waals surface area contributed by atoms with Gasteiger partial charge in [-0.05, 0) is 13.3 Å². The van der Waals surface area contributed by atoms with E-state index >= 15 is 0 Å². The summed E-state index contributed by atoms with van der Waals surface area (Å²) in [6.45, 7) is 4.69. The monoisotopic (exact) mass is 210 g/mol. The molecule has 0 bridgehead atoms. The Bertz CT molecular complexity index is 321. The summed E-state index contributed by atoms with van der Waals surface area (Å²) in [4.78, 5) is 15.6. The first kappa shape index (κ1) is 11.8. The zero-order valence-corrected chi connectivity index (χ0v) is 9.31. The minimum absolute atomic E-state index is 0.0319. The number of carbonyl (C=O) groups excluding carboxylic acids is 1. The van der Waals surface area contributed by atoms with E-state index in [2.05, 4.69) is 10.1 Å². The number of aryl methyl sites for hydroxylation is 1. The largest absolute Gasteiger partial charge is 0.327 e. The van der Waals surface area contributed by atoms with E-state index in [0.717, 1.165) is 18.8 Å². The van der Waals surface area contributed by atoms with Gasteiger partial charge in [0.2, 0.25) is 0 Å². The Morgan fingerprint density at radius 3 is 2.93 bits per heavy atom. The van der Waals surface area contributed by atoms with Crippen molar-refractivity contribution in [1.82, 2.24) is 14.8 Å². The molecule has 1 aromatic heterocycles. The van der Waals surface area contributed by atoms with Gasteiger partial charge in [0, 0.05) is 19.0 Å². The molecular formula is C10H18N4O. The van der Waals surface area contributed by atoms with Crippen molar-refractivity contribution in [3.8, 4) is 0 Å². The molecule has 5 heteroatoms. The molecule has 15 heavy (non-hydrogen) atoms. The molecule has 1 rings (SSSR count). The second-order valence-corrected chi connectivity index (χ2v) is 3.58. The first-order valence-electron chi connectivity index (χ1n) is 5.31. The molecule has 0 saturated heterocycles. The smallest absolute Gasteiger partial charge is 0.142 e. The highest BCUT2D eigenvalue weighted by atomic mass is 16.1. The maximum absolute atomic E-state index is 11.6. The van der Waals surface area contributed by atoms with Crippen molar-refractivity contribution >= 4 is 5.78 Å². The van der Waals surface area contributed by atoms with Crippen molar-refractivity contribution in [2.45, 2.75) is 45.7 Å². The van der Waals surface area contributed by atoms with Crippen LogP contribution in [0.15, 0.2) is 6.33 Å². The summed E-state index contributed by atoms with van der Waals surface area (Å²) >= 11 is 0. The molecule has 0 fully saturated rings. The van der Waals surface area contributed by atoms with Crippen LogP contribution in [0.1, 0.15) is 32.5 Å². The van der Waals surface area contributed by atoms with Crippen LogP contribution >= 0.6 is 0 Å². The van der Waals surface area contributed by atoms with Crippen LogP contribution in [-0.4, -0.2) is 26.6 Å². The first-order valence-corrected chi connectivity index (χ1v) is 5.31. The standard InChI is InChI=1S/C10H18N4O/c1-3-8(11)5-9(15)6-10-12-7-13-14(10)4-2/h7-8H,3-6,11H2,1-2H3. The van der Waals surface area contributed by atoms with Crippen LogP contribution in [0.2, 0.25) is 0 Å². The van der Waals surface area contributed by atoms with Gasteiger partial charge in [0.05, 0.1) is 6.42 Å². The fraction of sp³-hybridized carbons (Fsp3) is 0.700. The van der Waals surface area contributed by atoms with Crippen molar-refractivity contribution in [3.63, 3.8) is 0 Å². The van der Waals surface area contributed by atoms with Crippen molar-refractivity contribution in [2.24, 2.45) is 5.73 Å². The Morgan fingerprint density at radius 1 is 1.60 bits per heavy atom. The lowest BCUT2D eigenvalue weighted by atomic mass is 10.1. The van der Waals surface area contributed by atoms with Crippen molar-refractivity contribution < 1.29 is 4.79 Å². The molecule has 0 aliphatic heterocycles. The lowest BCUT2D eigenvalue weighted by Crippen LogP contribution is -2.24. The van der Waals surface area contributed by atoms with Crippen LogP contribution in [0.25, 0.3) is 0 Å². The highest BCUT2D eigenvalue weighted by Crippen LogP contribution is 2.01. The van der Waals surface area contributed by atoms with E-state index in [4.69, 9.17) is 5.73 Å². The number of ketones is 1. The minimum Gasteiger partial charge on any atom is -0.327 e. The van der Waals surface area contributed by atoms with Crippen LogP contribution in [0.3, 0.4) is 0 Å². The molecule has 0 spiro atoms. The normalized spacial score (nSPS) is 12.7. The number of nitrogens with two attached hydrogens (primary N) is 1. The van der Waals surface area contributed by atoms with E-state index in [1.54, 1.807) is 4.68 Å². The molecule has 1 atom stereocenters. The Labute approximate surface area is 89.7 Å². The van der Waals surface area contributed by atoms with Crippen molar-refractivity contribution in [3.05, 3.63) is 12.2 Å². The van der Waals surface area contributed by atoms with E-state index < -0.39 is 0 Å². The van der Waals surface area contributed by atoms with E-state index in [9.17, 15) is 4.79 Å². The van der Waals surface area contributed by atoms with Gasteiger partial charge < -0.3 is 5.73 Å². The third-order valence-electron chi connectivity index (χ3n) is 2.36. The molecule has 2 N–H and O–H groups in total. The van der Waals surface area contributed by atoms with E-state index in [1.807, 2.05) is 13.8 Å². The third kappa shape index (κ3) is 3.43. The average molecular weight is 210 g/mol. The summed E-state index contributed by atoms with van der Waals surface area (Å²) in [7, 11) is 0. The molecule has 1 heterocycles. The molecule has 0 aromatic carbocycles. The second-order valence-electron chi connectivity index (χ2n) is 3.58. The number of hydrogen-bond donors (Lipinski definition) is 1. The predicted molar refractivity (Wildman–Crippen MR) is 57.3 cm³/mol. The van der Waals surface area contributed by atoms with Crippen LogP contribution in [-0.2, 0) is 17.8 Å². The van der Waals surface area contributed by atoms with Gasteiger partial charge in [-0.15, -0.1) is 0 Å². The fourth-order valence-corrected chi connectivity index (χ4v) is 1.37. The maximum atomic E-state index is 11.6. The molecule has 5 nitrogen and oxygen atoms in total. The highest BCUT2D eigenvalue weighted by Gasteiger charge is 2.12.